The smallest absolute Gasteiger partial charge is 0.234 e. The maximum atomic E-state index is 12.6. The molecule has 1 unspecified atom stereocenters. The molecular formula is C31H41N3O4. The molecule has 2 aromatic rings. The Kier molecular flexibility index (Phi) is 7.06. The van der Waals surface area contributed by atoms with E-state index in [0.29, 0.717) is 36.1 Å². The van der Waals surface area contributed by atoms with Gasteiger partial charge in [0.2, 0.25) is 17.7 Å². The fraction of sp³-hybridized carbons (Fsp3) is 0.645. The number of benzene rings is 1. The molecule has 4 aliphatic carbocycles. The lowest BCUT2D eigenvalue weighted by Crippen LogP contribution is -2.58. The molecule has 1 aromatic heterocycles. The van der Waals surface area contributed by atoms with Gasteiger partial charge >= 0.3 is 0 Å². The quantitative estimate of drug-likeness (QED) is 0.308. The maximum Gasteiger partial charge on any atom is 0.234 e. The summed E-state index contributed by atoms with van der Waals surface area (Å²) in [7, 11) is 2.36. The van der Waals surface area contributed by atoms with Gasteiger partial charge in [0, 0.05) is 35.0 Å². The number of furan rings is 1. The zero-order valence-corrected chi connectivity index (χ0v) is 22.6. The highest BCUT2D eigenvalue weighted by Gasteiger charge is 2.52. The number of amides is 3. The van der Waals surface area contributed by atoms with E-state index in [0.717, 1.165) is 41.5 Å². The Morgan fingerprint density at radius 2 is 1.76 bits per heavy atom. The summed E-state index contributed by atoms with van der Waals surface area (Å²) < 4.78 is 5.64. The van der Waals surface area contributed by atoms with Crippen LogP contribution in [-0.4, -0.2) is 41.8 Å². The number of imide groups is 1. The summed E-state index contributed by atoms with van der Waals surface area (Å²) in [4.78, 5) is 39.2. The van der Waals surface area contributed by atoms with E-state index < -0.39 is 5.92 Å². The number of hydrogen-bond donors (Lipinski definition) is 2. The van der Waals surface area contributed by atoms with Gasteiger partial charge in [-0.1, -0.05) is 12.8 Å². The Hall–Kier alpha value is -2.67. The van der Waals surface area contributed by atoms with E-state index in [1.165, 1.54) is 57.9 Å². The summed E-state index contributed by atoms with van der Waals surface area (Å²) in [5.41, 5.74) is 2.62. The molecule has 2 heterocycles. The molecule has 1 aromatic carbocycles. The fourth-order valence-electron chi connectivity index (χ4n) is 8.37. The number of hydrogen-bond acceptors (Lipinski definition) is 5. The Labute approximate surface area is 225 Å². The van der Waals surface area contributed by atoms with Crippen LogP contribution in [0.3, 0.4) is 0 Å². The first-order chi connectivity index (χ1) is 18.4. The van der Waals surface area contributed by atoms with Crippen molar-refractivity contribution in [3.63, 3.8) is 0 Å². The van der Waals surface area contributed by atoms with Crippen LogP contribution in [-0.2, 0) is 14.4 Å². The van der Waals surface area contributed by atoms with Crippen LogP contribution in [0.15, 0.2) is 28.9 Å². The van der Waals surface area contributed by atoms with Crippen molar-refractivity contribution in [1.29, 1.82) is 0 Å². The monoisotopic (exact) mass is 519 g/mol. The first-order valence-corrected chi connectivity index (χ1v) is 14.7. The Balaban J connectivity index is 0.941. The van der Waals surface area contributed by atoms with Crippen LogP contribution in [0.4, 0.5) is 5.69 Å². The van der Waals surface area contributed by atoms with Crippen molar-refractivity contribution in [3.8, 4) is 0 Å². The van der Waals surface area contributed by atoms with E-state index in [1.54, 1.807) is 6.26 Å². The van der Waals surface area contributed by atoms with Gasteiger partial charge in [-0.3, -0.25) is 19.7 Å². The highest BCUT2D eigenvalue weighted by molar-refractivity contribution is 6.03. The number of nitrogens with one attached hydrogen (secondary N) is 2. The zero-order chi connectivity index (χ0) is 26.3. The molecule has 2 N–H and O–H groups in total. The second-order valence-electron chi connectivity index (χ2n) is 12.7. The van der Waals surface area contributed by atoms with E-state index in [9.17, 15) is 14.4 Å². The van der Waals surface area contributed by atoms with Crippen molar-refractivity contribution in [2.45, 2.75) is 94.9 Å². The summed E-state index contributed by atoms with van der Waals surface area (Å²) in [5, 5.41) is 6.23. The molecule has 1 aliphatic heterocycles. The highest BCUT2D eigenvalue weighted by Crippen LogP contribution is 2.57. The van der Waals surface area contributed by atoms with Gasteiger partial charge in [-0.15, -0.1) is 0 Å². The lowest BCUT2D eigenvalue weighted by molar-refractivity contribution is -0.134. The first kappa shape index (κ1) is 25.6. The third-order valence-corrected chi connectivity index (χ3v) is 9.96. The number of unbranched alkanes of at least 4 members (excludes halogenated alkanes) is 3. The molecule has 7 heteroatoms. The molecule has 5 aliphatic rings. The lowest BCUT2D eigenvalue weighted by Gasteiger charge is -2.60. The number of piperidine rings is 1. The van der Waals surface area contributed by atoms with Gasteiger partial charge in [0.05, 0.1) is 12.2 Å². The second kappa shape index (κ2) is 10.5. The summed E-state index contributed by atoms with van der Waals surface area (Å²) in [6.07, 6.45) is 16.0. The topological polar surface area (TPSA) is 91.7 Å². The average Bonchev–Trinajstić information content (AvgIpc) is 3.28. The van der Waals surface area contributed by atoms with Crippen molar-refractivity contribution >= 4 is 34.4 Å². The minimum Gasteiger partial charge on any atom is -0.464 e. The first-order valence-electron chi connectivity index (χ1n) is 14.7. The fourth-order valence-corrected chi connectivity index (χ4v) is 8.37. The minimum atomic E-state index is -0.415. The molecule has 7 nitrogen and oxygen atoms in total. The molecule has 1 saturated heterocycles. The van der Waals surface area contributed by atoms with E-state index in [4.69, 9.17) is 4.42 Å². The second-order valence-corrected chi connectivity index (χ2v) is 12.7. The van der Waals surface area contributed by atoms with E-state index in [2.05, 4.69) is 22.6 Å². The Morgan fingerprint density at radius 3 is 2.47 bits per heavy atom. The van der Waals surface area contributed by atoms with Gasteiger partial charge in [-0.2, -0.15) is 0 Å². The Bertz CT molecular complexity index is 1180. The predicted molar refractivity (Wildman–Crippen MR) is 147 cm³/mol. The van der Waals surface area contributed by atoms with Crippen LogP contribution in [0.5, 0.6) is 0 Å². The van der Waals surface area contributed by atoms with Crippen LogP contribution in [0.25, 0.3) is 11.0 Å². The molecule has 38 heavy (non-hydrogen) atoms. The number of carbonyl (C=O) groups excluding carboxylic acids is 3. The van der Waals surface area contributed by atoms with Gasteiger partial charge in [0.15, 0.2) is 0 Å². The summed E-state index contributed by atoms with van der Waals surface area (Å²) in [6, 6.07) is 5.52. The molecule has 4 saturated carbocycles. The normalized spacial score (nSPS) is 30.3. The van der Waals surface area contributed by atoms with Gasteiger partial charge in [0.25, 0.3) is 0 Å². The van der Waals surface area contributed by atoms with Crippen molar-refractivity contribution in [2.75, 3.05) is 18.9 Å². The third-order valence-electron chi connectivity index (χ3n) is 9.96. The predicted octanol–water partition coefficient (Wildman–Crippen LogP) is 5.74. The minimum absolute atomic E-state index is 0.0149. The van der Waals surface area contributed by atoms with E-state index in [1.807, 2.05) is 18.2 Å². The lowest BCUT2D eigenvalue weighted by atomic mass is 9.52. The molecular weight excluding hydrogens is 478 g/mol. The molecule has 3 amide bonds. The van der Waals surface area contributed by atoms with Crippen LogP contribution in [0.2, 0.25) is 0 Å². The number of carbonyl (C=O) groups is 3. The zero-order valence-electron chi connectivity index (χ0n) is 22.6. The van der Waals surface area contributed by atoms with E-state index in [-0.39, 0.29) is 17.7 Å². The van der Waals surface area contributed by atoms with Crippen molar-refractivity contribution < 1.29 is 18.8 Å². The summed E-state index contributed by atoms with van der Waals surface area (Å²) >= 11 is 0. The van der Waals surface area contributed by atoms with Gasteiger partial charge < -0.3 is 14.6 Å². The van der Waals surface area contributed by atoms with Gasteiger partial charge in [-0.05, 0) is 107 Å². The summed E-state index contributed by atoms with van der Waals surface area (Å²) in [6.45, 7) is 1.18. The largest absolute Gasteiger partial charge is 0.464 e. The van der Waals surface area contributed by atoms with Crippen LogP contribution in [0.1, 0.15) is 95.0 Å². The SMILES string of the molecule is CN(CCCCCCC(=O)Nc1ccc2occ(C3CCC(=O)NC3=O)c2c1)C12CC3CC(CC(C3)C1)C2. The van der Waals surface area contributed by atoms with Gasteiger partial charge in [-0.25, -0.2) is 0 Å². The molecule has 4 bridgehead atoms. The van der Waals surface area contributed by atoms with Crippen molar-refractivity contribution in [3.05, 3.63) is 30.0 Å². The molecule has 0 spiro atoms. The number of anilines is 1. The maximum absolute atomic E-state index is 12.6. The molecule has 5 fully saturated rings. The average molecular weight is 520 g/mol. The molecule has 0 radical (unpaired) electrons. The van der Waals surface area contributed by atoms with Crippen LogP contribution < -0.4 is 10.6 Å². The number of rotatable bonds is 10. The molecule has 1 atom stereocenters. The highest BCUT2D eigenvalue weighted by atomic mass is 16.3. The number of fused-ring (bicyclic) bond motifs is 1. The third kappa shape index (κ3) is 5.14. The Morgan fingerprint density at radius 1 is 1.05 bits per heavy atom. The summed E-state index contributed by atoms with van der Waals surface area (Å²) in [5.74, 6) is 2.04. The van der Waals surface area contributed by atoms with Crippen molar-refractivity contribution in [2.24, 2.45) is 17.8 Å². The van der Waals surface area contributed by atoms with E-state index >= 15 is 0 Å². The molecule has 204 valence electrons. The van der Waals surface area contributed by atoms with Crippen molar-refractivity contribution in [1.82, 2.24) is 10.2 Å². The van der Waals surface area contributed by atoms with Crippen LogP contribution in [0, 0.1) is 17.8 Å². The number of nitrogens with zero attached hydrogens (tertiary/aromatic N) is 1. The standard InChI is InChI=1S/C31H41N3O4/c1-34(31-16-20-12-21(17-31)14-22(13-20)18-31)11-5-3-2-4-6-28(35)32-23-7-9-27-25(15-23)26(19-38-27)24-8-10-29(36)33-30(24)37/h7,9,15,19-22,24H,2-6,8,10-14,16-18H2,1H3,(H,32,35)(H,33,36,37). The van der Waals surface area contributed by atoms with Crippen LogP contribution >= 0.6 is 0 Å². The van der Waals surface area contributed by atoms with Gasteiger partial charge in [0.1, 0.15) is 5.58 Å². The molecule has 7 rings (SSSR count).